The molecule has 1 aliphatic heterocycles. The second-order valence-corrected chi connectivity index (χ2v) is 6.98. The maximum atomic E-state index is 12.2. The highest BCUT2D eigenvalue weighted by Gasteiger charge is 2.25. The molecule has 3 N–H and O–H groups in total. The van der Waals surface area contributed by atoms with Crippen LogP contribution in [0.2, 0.25) is 10.0 Å². The fourth-order valence-electron chi connectivity index (χ4n) is 2.16. The highest BCUT2D eigenvalue weighted by Crippen LogP contribution is 2.28. The van der Waals surface area contributed by atoms with Crippen molar-refractivity contribution in [2.75, 3.05) is 10.6 Å². The zero-order valence-corrected chi connectivity index (χ0v) is 15.3. The molecule has 2 aromatic rings. The lowest BCUT2D eigenvalue weighted by Crippen LogP contribution is -2.20. The fraction of sp³-hybridized carbons (Fsp3) is 0. The number of imide groups is 1. The molecule has 0 bridgehead atoms. The van der Waals surface area contributed by atoms with Gasteiger partial charge >= 0.3 is 6.03 Å². The Morgan fingerprint density at radius 2 is 1.81 bits per heavy atom. The van der Waals surface area contributed by atoms with E-state index in [0.29, 0.717) is 27.0 Å². The summed E-state index contributed by atoms with van der Waals surface area (Å²) in [6.07, 6.45) is 1.54. The monoisotopic (exact) mass is 407 g/mol. The van der Waals surface area contributed by atoms with E-state index in [1.54, 1.807) is 42.5 Å². The van der Waals surface area contributed by atoms with Crippen LogP contribution >= 0.6 is 35.0 Å². The van der Waals surface area contributed by atoms with E-state index in [1.807, 2.05) is 0 Å². The second-order valence-electron chi connectivity index (χ2n) is 5.15. The maximum Gasteiger partial charge on any atom is 0.323 e. The van der Waals surface area contributed by atoms with Crippen LogP contribution in [0.5, 0.6) is 0 Å². The average molecular weight is 408 g/mol. The van der Waals surface area contributed by atoms with Gasteiger partial charge in [0.05, 0.1) is 15.0 Å². The van der Waals surface area contributed by atoms with E-state index in [4.69, 9.17) is 23.2 Å². The first-order valence-electron chi connectivity index (χ1n) is 7.29. The highest BCUT2D eigenvalue weighted by molar-refractivity contribution is 8.18. The van der Waals surface area contributed by atoms with Gasteiger partial charge in [0.1, 0.15) is 0 Å². The number of benzene rings is 2. The molecule has 26 heavy (non-hydrogen) atoms. The molecule has 0 aliphatic carbocycles. The summed E-state index contributed by atoms with van der Waals surface area (Å²) in [5.41, 5.74) is 1.54. The van der Waals surface area contributed by atoms with Crippen molar-refractivity contribution in [3.8, 4) is 0 Å². The van der Waals surface area contributed by atoms with Gasteiger partial charge in [-0.05, 0) is 47.7 Å². The minimum absolute atomic E-state index is 0.258. The number of carbonyl (C=O) groups excluding carboxylic acids is 3. The molecule has 0 unspecified atom stereocenters. The van der Waals surface area contributed by atoms with E-state index in [1.165, 1.54) is 6.07 Å². The molecule has 3 rings (SSSR count). The zero-order chi connectivity index (χ0) is 18.7. The van der Waals surface area contributed by atoms with Crippen LogP contribution in [-0.4, -0.2) is 17.2 Å². The number of carbonyl (C=O) groups is 3. The molecule has 0 spiro atoms. The van der Waals surface area contributed by atoms with Crippen LogP contribution in [0.15, 0.2) is 47.4 Å². The van der Waals surface area contributed by atoms with Gasteiger partial charge in [-0.1, -0.05) is 41.4 Å². The van der Waals surface area contributed by atoms with Crippen LogP contribution in [0, 0.1) is 0 Å². The van der Waals surface area contributed by atoms with Crippen LogP contribution in [0.1, 0.15) is 5.56 Å². The molecular weight excluding hydrogens is 397 g/mol. The smallest absolute Gasteiger partial charge is 0.308 e. The first-order valence-corrected chi connectivity index (χ1v) is 8.86. The Bertz CT molecular complexity index is 947. The molecule has 0 saturated carbocycles. The molecule has 6 nitrogen and oxygen atoms in total. The van der Waals surface area contributed by atoms with E-state index in [0.717, 1.165) is 11.8 Å². The summed E-state index contributed by atoms with van der Waals surface area (Å²) in [5.74, 6) is -0.463. The van der Waals surface area contributed by atoms with Gasteiger partial charge in [0.25, 0.3) is 11.1 Å². The lowest BCUT2D eigenvalue weighted by Gasteiger charge is -2.11. The van der Waals surface area contributed by atoms with Gasteiger partial charge in [-0.15, -0.1) is 0 Å². The molecule has 1 saturated heterocycles. The number of halogens is 2. The predicted octanol–water partition coefficient (Wildman–Crippen LogP) is 4.96. The van der Waals surface area contributed by atoms with Crippen molar-refractivity contribution in [1.29, 1.82) is 0 Å². The lowest BCUT2D eigenvalue weighted by atomic mass is 10.1. The number of para-hydroxylation sites is 1. The summed E-state index contributed by atoms with van der Waals surface area (Å²) in [6, 6.07) is 11.1. The summed E-state index contributed by atoms with van der Waals surface area (Å²) < 4.78 is 0. The molecule has 0 atom stereocenters. The molecule has 9 heteroatoms. The Hall–Kier alpha value is -2.48. The topological polar surface area (TPSA) is 87.3 Å². The third kappa shape index (κ3) is 4.37. The maximum absolute atomic E-state index is 12.2. The van der Waals surface area contributed by atoms with Crippen molar-refractivity contribution in [1.82, 2.24) is 5.32 Å². The highest BCUT2D eigenvalue weighted by atomic mass is 35.5. The third-order valence-electron chi connectivity index (χ3n) is 3.32. The Balaban J connectivity index is 1.76. The van der Waals surface area contributed by atoms with E-state index in [9.17, 15) is 14.4 Å². The number of hydrogen-bond donors (Lipinski definition) is 3. The molecule has 2 aromatic carbocycles. The lowest BCUT2D eigenvalue weighted by molar-refractivity contribution is -0.115. The van der Waals surface area contributed by atoms with Gasteiger partial charge in [0.15, 0.2) is 0 Å². The standard InChI is InChI=1S/C17H11Cl2N3O3S/c18-11-6-5-10(8-12(11)19)20-16(24)21-13-4-2-1-3-9(13)7-14-15(23)22-17(25)26-14/h1-8H,(H2,20,21,24)(H,22,23,25)/b14-7-. The Labute approximate surface area is 162 Å². The number of thioether (sulfide) groups is 1. The fourth-order valence-corrected chi connectivity index (χ4v) is 3.13. The van der Waals surface area contributed by atoms with Gasteiger partial charge in [0.2, 0.25) is 0 Å². The Morgan fingerprint density at radius 3 is 2.50 bits per heavy atom. The van der Waals surface area contributed by atoms with Gasteiger partial charge in [0, 0.05) is 11.4 Å². The van der Waals surface area contributed by atoms with E-state index >= 15 is 0 Å². The van der Waals surface area contributed by atoms with E-state index in [-0.39, 0.29) is 4.91 Å². The van der Waals surface area contributed by atoms with Crippen molar-refractivity contribution in [3.63, 3.8) is 0 Å². The van der Waals surface area contributed by atoms with Crippen molar-refractivity contribution >= 4 is 69.6 Å². The van der Waals surface area contributed by atoms with Gasteiger partial charge in [-0.25, -0.2) is 4.79 Å². The Kier molecular flexibility index (Phi) is 5.51. The quantitative estimate of drug-likeness (QED) is 0.627. The predicted molar refractivity (Wildman–Crippen MR) is 105 cm³/mol. The summed E-state index contributed by atoms with van der Waals surface area (Å²) in [5, 5.41) is 7.80. The van der Waals surface area contributed by atoms with Crippen LogP contribution in [0.4, 0.5) is 21.0 Å². The number of amides is 4. The third-order valence-corrected chi connectivity index (χ3v) is 4.86. The average Bonchev–Trinajstić information content (AvgIpc) is 2.90. The second kappa shape index (κ2) is 7.82. The molecular formula is C17H11Cl2N3O3S. The summed E-state index contributed by atoms with van der Waals surface area (Å²) in [6.45, 7) is 0. The number of hydrogen-bond acceptors (Lipinski definition) is 4. The molecule has 0 radical (unpaired) electrons. The zero-order valence-electron chi connectivity index (χ0n) is 13.0. The molecule has 1 aliphatic rings. The normalized spacial score (nSPS) is 15.1. The minimum atomic E-state index is -0.492. The van der Waals surface area contributed by atoms with Crippen molar-refractivity contribution in [3.05, 3.63) is 63.0 Å². The first-order chi connectivity index (χ1) is 12.4. The van der Waals surface area contributed by atoms with Gasteiger partial charge in [-0.2, -0.15) is 0 Å². The van der Waals surface area contributed by atoms with E-state index < -0.39 is 17.2 Å². The van der Waals surface area contributed by atoms with Crippen LogP contribution < -0.4 is 16.0 Å². The Morgan fingerprint density at radius 1 is 1.04 bits per heavy atom. The van der Waals surface area contributed by atoms with Crippen LogP contribution in [-0.2, 0) is 4.79 Å². The minimum Gasteiger partial charge on any atom is -0.308 e. The number of urea groups is 1. The number of anilines is 2. The van der Waals surface area contributed by atoms with Crippen LogP contribution in [0.3, 0.4) is 0 Å². The summed E-state index contributed by atoms with van der Waals surface area (Å²) >= 11 is 12.6. The number of nitrogens with one attached hydrogen (secondary N) is 3. The molecule has 1 fully saturated rings. The number of rotatable bonds is 3. The summed E-state index contributed by atoms with van der Waals surface area (Å²) in [4.78, 5) is 35.4. The van der Waals surface area contributed by atoms with Gasteiger partial charge in [-0.3, -0.25) is 14.9 Å². The molecule has 1 heterocycles. The van der Waals surface area contributed by atoms with Crippen LogP contribution in [0.25, 0.3) is 6.08 Å². The molecule has 4 amide bonds. The largest absolute Gasteiger partial charge is 0.323 e. The first kappa shape index (κ1) is 18.3. The van der Waals surface area contributed by atoms with Crippen molar-refractivity contribution < 1.29 is 14.4 Å². The van der Waals surface area contributed by atoms with Crippen molar-refractivity contribution in [2.24, 2.45) is 0 Å². The van der Waals surface area contributed by atoms with E-state index in [2.05, 4.69) is 16.0 Å². The molecule has 0 aromatic heterocycles. The van der Waals surface area contributed by atoms with Gasteiger partial charge < -0.3 is 10.6 Å². The summed E-state index contributed by atoms with van der Waals surface area (Å²) in [7, 11) is 0. The van der Waals surface area contributed by atoms with Crippen molar-refractivity contribution in [2.45, 2.75) is 0 Å². The SMILES string of the molecule is O=C(Nc1ccc(Cl)c(Cl)c1)Nc1ccccc1/C=C1\SC(=O)NC1=O. The molecule has 132 valence electrons.